The van der Waals surface area contributed by atoms with E-state index >= 15 is 0 Å². The largest absolute Gasteiger partial charge is 0.449 e. The maximum absolute atomic E-state index is 11.2. The molecule has 5 nitrogen and oxygen atoms in total. The van der Waals surface area contributed by atoms with E-state index in [2.05, 4.69) is 57.7 Å². The third kappa shape index (κ3) is 11.9. The van der Waals surface area contributed by atoms with E-state index in [4.69, 9.17) is 13.0 Å². The molecule has 0 fully saturated rings. The van der Waals surface area contributed by atoms with Crippen LogP contribution >= 0.6 is 0 Å². The number of alkyl carbamates (subject to hydrolysis) is 1. The fourth-order valence-electron chi connectivity index (χ4n) is 2.10. The number of nitrogens with one attached hydrogen (secondary N) is 1. The molecule has 0 saturated heterocycles. The minimum Gasteiger partial charge on any atom is -0.449 e. The average molecular weight is 350 g/mol. The molecule has 8 heteroatoms. The first-order valence-electron chi connectivity index (χ1n) is 7.31. The molecular formula is C13H31NO4Si3. The van der Waals surface area contributed by atoms with Crippen LogP contribution in [0.2, 0.25) is 51.9 Å². The lowest BCUT2D eigenvalue weighted by molar-refractivity contribution is 0.149. The molecule has 1 amide bonds. The first kappa shape index (κ1) is 20.6. The molecule has 0 unspecified atom stereocenters. The summed E-state index contributed by atoms with van der Waals surface area (Å²) in [6, 6.07) is 0.836. The molecule has 0 aliphatic heterocycles. The van der Waals surface area contributed by atoms with E-state index in [9.17, 15) is 4.79 Å². The van der Waals surface area contributed by atoms with Gasteiger partial charge in [0.2, 0.25) is 0 Å². The molecule has 0 spiro atoms. The van der Waals surface area contributed by atoms with Crippen molar-refractivity contribution in [2.75, 3.05) is 6.61 Å². The highest BCUT2D eigenvalue weighted by atomic mass is 28.5. The molecule has 0 bridgehead atoms. The first-order valence-corrected chi connectivity index (χ1v) is 16.7. The van der Waals surface area contributed by atoms with Crippen LogP contribution in [-0.2, 0) is 13.0 Å². The normalized spacial score (nSPS) is 12.9. The Labute approximate surface area is 132 Å². The standard InChI is InChI=1S/C13H31NO4Si3/c1-9-14-13(15)16-11-10-12-21(8,17-19(2,3)4)18-20(5,6)7/h9H,1,10-12H2,2-8H3,(H,14,15). The van der Waals surface area contributed by atoms with Crippen molar-refractivity contribution in [3.8, 4) is 0 Å². The van der Waals surface area contributed by atoms with Crippen molar-refractivity contribution >= 4 is 31.3 Å². The maximum atomic E-state index is 11.2. The van der Waals surface area contributed by atoms with Gasteiger partial charge in [-0.3, -0.25) is 5.32 Å². The summed E-state index contributed by atoms with van der Waals surface area (Å²) in [4.78, 5) is 11.2. The third-order valence-electron chi connectivity index (χ3n) is 2.27. The third-order valence-corrected chi connectivity index (χ3v) is 11.9. The number of ether oxygens (including phenoxy) is 1. The fraction of sp³-hybridized carbons (Fsp3) is 0.769. The van der Waals surface area contributed by atoms with Crippen molar-refractivity contribution in [2.24, 2.45) is 0 Å². The van der Waals surface area contributed by atoms with Gasteiger partial charge in [0.1, 0.15) is 0 Å². The van der Waals surface area contributed by atoms with Crippen LogP contribution in [-0.4, -0.2) is 37.9 Å². The molecule has 0 heterocycles. The minimum atomic E-state index is -2.22. The van der Waals surface area contributed by atoms with E-state index in [-0.39, 0.29) is 0 Å². The van der Waals surface area contributed by atoms with Crippen molar-refractivity contribution in [1.82, 2.24) is 5.32 Å². The Morgan fingerprint density at radius 2 is 1.52 bits per heavy atom. The molecule has 1 N–H and O–H groups in total. The number of amides is 1. The Kier molecular flexibility index (Phi) is 8.11. The van der Waals surface area contributed by atoms with E-state index in [1.54, 1.807) is 0 Å². The molecule has 124 valence electrons. The SMILES string of the molecule is C=CNC(=O)OCCC[Si](C)(O[Si](C)(C)C)O[Si](C)(C)C. The summed E-state index contributed by atoms with van der Waals surface area (Å²) in [6.07, 6.45) is 1.59. The molecule has 0 aliphatic rings. The molecule has 0 radical (unpaired) electrons. The van der Waals surface area contributed by atoms with Gasteiger partial charge in [-0.2, -0.15) is 0 Å². The zero-order valence-corrected chi connectivity index (χ0v) is 17.5. The molecule has 21 heavy (non-hydrogen) atoms. The smallest absolute Gasteiger partial charge is 0.411 e. The van der Waals surface area contributed by atoms with Crippen LogP contribution < -0.4 is 5.32 Å². The Morgan fingerprint density at radius 1 is 1.05 bits per heavy atom. The predicted octanol–water partition coefficient (Wildman–Crippen LogP) is 4.02. The Morgan fingerprint density at radius 3 is 1.90 bits per heavy atom. The number of rotatable bonds is 9. The molecule has 0 rings (SSSR count). The molecule has 0 aromatic carbocycles. The average Bonchev–Trinajstić information content (AvgIpc) is 2.19. The van der Waals surface area contributed by atoms with E-state index in [0.717, 1.165) is 12.5 Å². The summed E-state index contributed by atoms with van der Waals surface area (Å²) >= 11 is 0. The second kappa shape index (κ2) is 8.28. The van der Waals surface area contributed by atoms with Crippen molar-refractivity contribution in [3.05, 3.63) is 12.8 Å². The maximum Gasteiger partial charge on any atom is 0.411 e. The van der Waals surface area contributed by atoms with E-state index in [1.165, 1.54) is 6.20 Å². The van der Waals surface area contributed by atoms with Gasteiger partial charge in [0.25, 0.3) is 0 Å². The minimum absolute atomic E-state index is 0.367. The quantitative estimate of drug-likeness (QED) is 0.504. The monoisotopic (exact) mass is 349 g/mol. The van der Waals surface area contributed by atoms with Gasteiger partial charge in [0.05, 0.1) is 6.61 Å². The first-order chi connectivity index (χ1) is 9.37. The van der Waals surface area contributed by atoms with E-state index in [1.807, 2.05) is 0 Å². The number of carbonyl (C=O) groups excluding carboxylic acids is 1. The topological polar surface area (TPSA) is 56.8 Å². The molecule has 0 aromatic rings. The van der Waals surface area contributed by atoms with Crippen LogP contribution in [0.1, 0.15) is 6.42 Å². The van der Waals surface area contributed by atoms with Crippen LogP contribution in [0.5, 0.6) is 0 Å². The van der Waals surface area contributed by atoms with Crippen molar-refractivity contribution in [1.29, 1.82) is 0 Å². The molecule has 0 aromatic heterocycles. The fourth-order valence-corrected chi connectivity index (χ4v) is 14.6. The zero-order chi connectivity index (χ0) is 16.7. The number of carbonyl (C=O) groups is 1. The highest BCUT2D eigenvalue weighted by Gasteiger charge is 2.39. The van der Waals surface area contributed by atoms with E-state index < -0.39 is 31.3 Å². The van der Waals surface area contributed by atoms with Gasteiger partial charge in [-0.25, -0.2) is 4.79 Å². The molecule has 0 aliphatic carbocycles. The second-order valence-electron chi connectivity index (χ2n) is 7.15. The summed E-state index contributed by atoms with van der Waals surface area (Å²) in [6.45, 7) is 19.0. The Bertz CT molecular complexity index is 334. The van der Waals surface area contributed by atoms with Crippen LogP contribution in [0.25, 0.3) is 0 Å². The van der Waals surface area contributed by atoms with Gasteiger partial charge in [-0.1, -0.05) is 6.58 Å². The molecule has 0 atom stereocenters. The summed E-state index contributed by atoms with van der Waals surface area (Å²) in [7, 11) is -5.54. The Hall–Kier alpha value is -0.419. The summed E-state index contributed by atoms with van der Waals surface area (Å²) in [5, 5.41) is 2.38. The lowest BCUT2D eigenvalue weighted by Gasteiger charge is -2.38. The lowest BCUT2D eigenvalue weighted by Crippen LogP contribution is -2.52. The number of hydrogen-bond donors (Lipinski definition) is 1. The van der Waals surface area contributed by atoms with Gasteiger partial charge in [-0.15, -0.1) is 0 Å². The van der Waals surface area contributed by atoms with Crippen molar-refractivity contribution in [3.63, 3.8) is 0 Å². The van der Waals surface area contributed by atoms with Crippen LogP contribution in [0.3, 0.4) is 0 Å². The lowest BCUT2D eigenvalue weighted by atomic mass is 10.5. The summed E-state index contributed by atoms with van der Waals surface area (Å²) in [5.41, 5.74) is 0. The molecule has 0 saturated carbocycles. The summed E-state index contributed by atoms with van der Waals surface area (Å²) < 4.78 is 17.8. The molecular weight excluding hydrogens is 318 g/mol. The summed E-state index contributed by atoms with van der Waals surface area (Å²) in [5.74, 6) is 0. The van der Waals surface area contributed by atoms with Crippen LogP contribution in [0.4, 0.5) is 4.79 Å². The van der Waals surface area contributed by atoms with Crippen molar-refractivity contribution in [2.45, 2.75) is 58.3 Å². The Balaban J connectivity index is 4.48. The van der Waals surface area contributed by atoms with E-state index in [0.29, 0.717) is 6.61 Å². The van der Waals surface area contributed by atoms with Crippen molar-refractivity contribution < 1.29 is 17.8 Å². The van der Waals surface area contributed by atoms with Gasteiger partial charge in [0.15, 0.2) is 16.6 Å². The highest BCUT2D eigenvalue weighted by molar-refractivity contribution is 6.87. The second-order valence-corrected chi connectivity index (χ2v) is 20.0. The van der Waals surface area contributed by atoms with Crippen LogP contribution in [0.15, 0.2) is 12.8 Å². The number of hydrogen-bond acceptors (Lipinski definition) is 4. The van der Waals surface area contributed by atoms with Crippen LogP contribution in [0, 0.1) is 0 Å². The zero-order valence-electron chi connectivity index (χ0n) is 14.5. The predicted molar refractivity (Wildman–Crippen MR) is 94.6 cm³/mol. The van der Waals surface area contributed by atoms with Gasteiger partial charge >= 0.3 is 14.7 Å². The van der Waals surface area contributed by atoms with Gasteiger partial charge in [0, 0.05) is 0 Å². The highest BCUT2D eigenvalue weighted by Crippen LogP contribution is 2.25. The van der Waals surface area contributed by atoms with Gasteiger partial charge in [-0.05, 0) is 64.5 Å². The van der Waals surface area contributed by atoms with Gasteiger partial charge < -0.3 is 13.0 Å².